The smallest absolute Gasteiger partial charge is 0.214 e. The van der Waals surface area contributed by atoms with E-state index >= 15 is 0 Å². The molecule has 1 aliphatic rings. The lowest BCUT2D eigenvalue weighted by Crippen LogP contribution is -2.25. The van der Waals surface area contributed by atoms with Gasteiger partial charge in [0, 0.05) is 25.2 Å². The van der Waals surface area contributed by atoms with Crippen LogP contribution in [0.15, 0.2) is 18.2 Å². The van der Waals surface area contributed by atoms with Crippen LogP contribution in [-0.4, -0.2) is 32.1 Å². The van der Waals surface area contributed by atoms with Gasteiger partial charge in [0.2, 0.25) is 10.0 Å². The van der Waals surface area contributed by atoms with E-state index in [4.69, 9.17) is 10.5 Å². The molecule has 0 atom stereocenters. The summed E-state index contributed by atoms with van der Waals surface area (Å²) in [4.78, 5) is 0. The summed E-state index contributed by atoms with van der Waals surface area (Å²) in [6.07, 6.45) is 0.696. The Kier molecular flexibility index (Phi) is 3.89. The van der Waals surface area contributed by atoms with Crippen LogP contribution in [-0.2, 0) is 23.1 Å². The lowest BCUT2D eigenvalue weighted by Gasteiger charge is -2.17. The van der Waals surface area contributed by atoms with Crippen LogP contribution < -0.4 is 10.5 Å². The van der Waals surface area contributed by atoms with E-state index in [0.29, 0.717) is 31.8 Å². The maximum atomic E-state index is 11.8. The van der Waals surface area contributed by atoms with Crippen molar-refractivity contribution in [3.63, 3.8) is 0 Å². The number of nitrogens with zero attached hydrogens (tertiary/aromatic N) is 1. The quantitative estimate of drug-likeness (QED) is 0.873. The number of rotatable bonds is 4. The number of sulfonamides is 1. The molecule has 1 heterocycles. The van der Waals surface area contributed by atoms with E-state index in [1.54, 1.807) is 7.11 Å². The summed E-state index contributed by atoms with van der Waals surface area (Å²) in [6.45, 7) is 1.38. The van der Waals surface area contributed by atoms with Gasteiger partial charge in [-0.1, -0.05) is 6.07 Å². The number of ether oxygens (including phenoxy) is 1. The maximum absolute atomic E-state index is 11.8. The molecular weight excluding hydrogens is 252 g/mol. The van der Waals surface area contributed by atoms with Crippen LogP contribution in [0.4, 0.5) is 0 Å². The average Bonchev–Trinajstić information content (AvgIpc) is 2.68. The molecule has 0 aromatic heterocycles. The predicted octanol–water partition coefficient (Wildman–Crippen LogP) is 0.689. The molecule has 2 N–H and O–H groups in total. The molecule has 0 bridgehead atoms. The molecule has 1 aromatic rings. The van der Waals surface area contributed by atoms with Crippen molar-refractivity contribution in [3.8, 4) is 5.75 Å². The minimum absolute atomic E-state index is 0.242. The van der Waals surface area contributed by atoms with E-state index in [-0.39, 0.29) is 5.75 Å². The van der Waals surface area contributed by atoms with Gasteiger partial charge in [-0.2, -0.15) is 4.31 Å². The Hall–Kier alpha value is -1.11. The molecule has 0 aliphatic carbocycles. The molecule has 5 nitrogen and oxygen atoms in total. The molecule has 1 saturated heterocycles. The fourth-order valence-corrected chi connectivity index (χ4v) is 3.64. The summed E-state index contributed by atoms with van der Waals surface area (Å²) in [5.41, 5.74) is 7.44. The maximum Gasteiger partial charge on any atom is 0.214 e. The Balaban J connectivity index is 2.27. The lowest BCUT2D eigenvalue weighted by molar-refractivity contribution is 0.391. The van der Waals surface area contributed by atoms with Gasteiger partial charge in [0.25, 0.3) is 0 Å². The van der Waals surface area contributed by atoms with Crippen LogP contribution in [0.1, 0.15) is 17.5 Å². The summed E-state index contributed by atoms with van der Waals surface area (Å²) in [5, 5.41) is 0. The van der Waals surface area contributed by atoms with E-state index in [0.717, 1.165) is 11.1 Å². The molecule has 1 aliphatic heterocycles. The lowest BCUT2D eigenvalue weighted by atomic mass is 10.1. The topological polar surface area (TPSA) is 72.6 Å². The van der Waals surface area contributed by atoms with Crippen molar-refractivity contribution in [2.75, 3.05) is 19.4 Å². The standard InChI is InChI=1S/C12H18N2O3S/c1-17-12-4-3-10(8-13)7-11(12)9-14-5-2-6-18(14,15)16/h3-4,7H,2,5-6,8-9,13H2,1H3. The summed E-state index contributed by atoms with van der Waals surface area (Å²) in [5.74, 6) is 0.945. The van der Waals surface area contributed by atoms with Crippen LogP contribution in [0.5, 0.6) is 5.75 Å². The summed E-state index contributed by atoms with van der Waals surface area (Å²) >= 11 is 0. The fraction of sp³-hybridized carbons (Fsp3) is 0.500. The largest absolute Gasteiger partial charge is 0.496 e. The molecule has 0 spiro atoms. The van der Waals surface area contributed by atoms with Crippen LogP contribution in [0, 0.1) is 0 Å². The highest BCUT2D eigenvalue weighted by molar-refractivity contribution is 7.89. The third-order valence-corrected chi connectivity index (χ3v) is 5.03. The minimum Gasteiger partial charge on any atom is -0.496 e. The van der Waals surface area contributed by atoms with Gasteiger partial charge in [-0.3, -0.25) is 0 Å². The van der Waals surface area contributed by atoms with Crippen molar-refractivity contribution in [1.29, 1.82) is 0 Å². The minimum atomic E-state index is -3.08. The molecule has 2 rings (SSSR count). The van der Waals surface area contributed by atoms with Crippen LogP contribution >= 0.6 is 0 Å². The van der Waals surface area contributed by atoms with Gasteiger partial charge in [0.05, 0.1) is 12.9 Å². The molecule has 0 saturated carbocycles. The molecule has 0 amide bonds. The van der Waals surface area contributed by atoms with E-state index in [9.17, 15) is 8.42 Å². The average molecular weight is 270 g/mol. The van der Waals surface area contributed by atoms with Gasteiger partial charge in [-0.15, -0.1) is 0 Å². The highest BCUT2D eigenvalue weighted by Gasteiger charge is 2.28. The fourth-order valence-electron chi connectivity index (χ4n) is 2.14. The SMILES string of the molecule is COc1ccc(CN)cc1CN1CCCS1(=O)=O. The molecule has 1 fully saturated rings. The summed E-state index contributed by atoms with van der Waals surface area (Å²) < 4.78 is 30.3. The van der Waals surface area contributed by atoms with E-state index in [2.05, 4.69) is 0 Å². The zero-order valence-corrected chi connectivity index (χ0v) is 11.2. The molecule has 18 heavy (non-hydrogen) atoms. The van der Waals surface area contributed by atoms with Crippen molar-refractivity contribution in [1.82, 2.24) is 4.31 Å². The number of benzene rings is 1. The highest BCUT2D eigenvalue weighted by Crippen LogP contribution is 2.25. The van der Waals surface area contributed by atoms with Crippen LogP contribution in [0.3, 0.4) is 0 Å². The Morgan fingerprint density at radius 2 is 2.22 bits per heavy atom. The first-order valence-corrected chi connectivity index (χ1v) is 7.51. The van der Waals surface area contributed by atoms with Gasteiger partial charge in [0.1, 0.15) is 5.75 Å². The number of hydrogen-bond donors (Lipinski definition) is 1. The third kappa shape index (κ3) is 2.66. The van der Waals surface area contributed by atoms with E-state index in [1.165, 1.54) is 4.31 Å². The first-order valence-electron chi connectivity index (χ1n) is 5.90. The summed E-state index contributed by atoms with van der Waals surface area (Å²) in [7, 11) is -1.50. The van der Waals surface area contributed by atoms with Crippen LogP contribution in [0.2, 0.25) is 0 Å². The van der Waals surface area contributed by atoms with E-state index < -0.39 is 10.0 Å². The number of hydrogen-bond acceptors (Lipinski definition) is 4. The second-order valence-corrected chi connectivity index (χ2v) is 6.44. The number of nitrogens with two attached hydrogens (primary N) is 1. The second kappa shape index (κ2) is 5.26. The van der Waals surface area contributed by atoms with Gasteiger partial charge in [-0.25, -0.2) is 8.42 Å². The van der Waals surface area contributed by atoms with Crippen molar-refractivity contribution >= 4 is 10.0 Å². The van der Waals surface area contributed by atoms with Gasteiger partial charge < -0.3 is 10.5 Å². The predicted molar refractivity (Wildman–Crippen MR) is 69.7 cm³/mol. The van der Waals surface area contributed by atoms with Crippen LogP contribution in [0.25, 0.3) is 0 Å². The Morgan fingerprint density at radius 3 is 2.78 bits per heavy atom. The summed E-state index contributed by atoms with van der Waals surface area (Å²) in [6, 6.07) is 5.63. The van der Waals surface area contributed by atoms with Crippen molar-refractivity contribution in [3.05, 3.63) is 29.3 Å². The zero-order chi connectivity index (χ0) is 13.2. The first-order chi connectivity index (χ1) is 8.56. The molecule has 6 heteroatoms. The number of methoxy groups -OCH3 is 1. The molecule has 0 unspecified atom stereocenters. The first kappa shape index (κ1) is 13.3. The van der Waals surface area contributed by atoms with E-state index in [1.807, 2.05) is 18.2 Å². The highest BCUT2D eigenvalue weighted by atomic mass is 32.2. The molecule has 100 valence electrons. The Bertz CT molecular complexity index is 528. The zero-order valence-electron chi connectivity index (χ0n) is 10.4. The Morgan fingerprint density at radius 1 is 1.44 bits per heavy atom. The molecule has 0 radical (unpaired) electrons. The Labute approximate surface area is 108 Å². The van der Waals surface area contributed by atoms with Crippen molar-refractivity contribution < 1.29 is 13.2 Å². The normalized spacial score (nSPS) is 19.0. The second-order valence-electron chi connectivity index (χ2n) is 4.35. The van der Waals surface area contributed by atoms with Crippen molar-refractivity contribution in [2.45, 2.75) is 19.5 Å². The monoisotopic (exact) mass is 270 g/mol. The molecular formula is C12H18N2O3S. The van der Waals surface area contributed by atoms with Gasteiger partial charge >= 0.3 is 0 Å². The third-order valence-electron chi connectivity index (χ3n) is 3.13. The molecule has 1 aromatic carbocycles. The van der Waals surface area contributed by atoms with Gasteiger partial charge in [0.15, 0.2) is 0 Å². The van der Waals surface area contributed by atoms with Crippen molar-refractivity contribution in [2.24, 2.45) is 5.73 Å². The van der Waals surface area contributed by atoms with Gasteiger partial charge in [-0.05, 0) is 24.1 Å².